The van der Waals surface area contributed by atoms with E-state index in [2.05, 4.69) is 21.5 Å². The molecule has 1 aliphatic heterocycles. The summed E-state index contributed by atoms with van der Waals surface area (Å²) in [6.07, 6.45) is 7.27. The third kappa shape index (κ3) is 2.58. The maximum absolute atomic E-state index is 5.95. The van der Waals surface area contributed by atoms with Crippen LogP contribution in [0.15, 0.2) is 28.7 Å². The lowest BCUT2D eigenvalue weighted by atomic mass is 10.0. The van der Waals surface area contributed by atoms with E-state index in [-0.39, 0.29) is 0 Å². The van der Waals surface area contributed by atoms with Crippen LogP contribution in [0.3, 0.4) is 0 Å². The van der Waals surface area contributed by atoms with Crippen LogP contribution in [0.25, 0.3) is 11.1 Å². The van der Waals surface area contributed by atoms with Gasteiger partial charge in [-0.05, 0) is 57.2 Å². The maximum Gasteiger partial charge on any atom is 0.209 e. The zero-order valence-corrected chi connectivity index (χ0v) is 14.7. The van der Waals surface area contributed by atoms with Crippen molar-refractivity contribution in [3.05, 3.63) is 47.4 Å². The summed E-state index contributed by atoms with van der Waals surface area (Å²) in [5, 5.41) is 0. The Morgan fingerprint density at radius 3 is 2.88 bits per heavy atom. The zero-order chi connectivity index (χ0) is 16.8. The van der Waals surface area contributed by atoms with Crippen LogP contribution in [0.5, 0.6) is 0 Å². The first-order valence-electron chi connectivity index (χ1n) is 9.42. The molecule has 0 bridgehead atoms. The Morgan fingerprint density at radius 2 is 2.00 bits per heavy atom. The Bertz CT molecular complexity index is 877. The van der Waals surface area contributed by atoms with Gasteiger partial charge in [0.1, 0.15) is 11.3 Å². The van der Waals surface area contributed by atoms with E-state index >= 15 is 0 Å². The van der Waals surface area contributed by atoms with Gasteiger partial charge in [0.05, 0.1) is 18.3 Å². The van der Waals surface area contributed by atoms with Gasteiger partial charge >= 0.3 is 0 Å². The minimum atomic E-state index is 0.380. The van der Waals surface area contributed by atoms with Crippen LogP contribution in [-0.2, 0) is 26.4 Å². The van der Waals surface area contributed by atoms with Crippen molar-refractivity contribution in [1.29, 1.82) is 0 Å². The molecule has 5 rings (SSSR count). The Labute approximate surface area is 147 Å². The summed E-state index contributed by atoms with van der Waals surface area (Å²) < 4.78 is 8.31. The van der Waals surface area contributed by atoms with E-state index in [4.69, 9.17) is 9.40 Å². The monoisotopic (exact) mass is 336 g/mol. The van der Waals surface area contributed by atoms with Gasteiger partial charge in [-0.25, -0.2) is 9.97 Å². The predicted octanol–water partition coefficient (Wildman–Crippen LogP) is 3.78. The van der Waals surface area contributed by atoms with E-state index in [0.717, 1.165) is 36.5 Å². The fourth-order valence-electron chi connectivity index (χ4n) is 4.47. The summed E-state index contributed by atoms with van der Waals surface area (Å²) in [7, 11) is 2.20. The number of aromatic nitrogens is 3. The number of nitrogens with zero attached hydrogens (tertiary/aromatic N) is 4. The number of benzene rings is 1. The number of aryl methyl sites for hydroxylation is 1. The molecule has 2 aromatic heterocycles. The molecule has 0 amide bonds. The highest BCUT2D eigenvalue weighted by Gasteiger charge is 2.32. The van der Waals surface area contributed by atoms with Crippen molar-refractivity contribution in [3.8, 4) is 0 Å². The first-order valence-corrected chi connectivity index (χ1v) is 9.42. The average molecular weight is 336 g/mol. The number of fused-ring (bicyclic) bond motifs is 2. The van der Waals surface area contributed by atoms with Crippen LogP contribution in [0.2, 0.25) is 0 Å². The summed E-state index contributed by atoms with van der Waals surface area (Å²) >= 11 is 0. The van der Waals surface area contributed by atoms with Crippen molar-refractivity contribution < 1.29 is 4.42 Å². The summed E-state index contributed by atoms with van der Waals surface area (Å²) in [6.45, 7) is 1.85. The molecule has 2 aliphatic rings. The van der Waals surface area contributed by atoms with Crippen LogP contribution in [0.4, 0.5) is 0 Å². The van der Waals surface area contributed by atoms with E-state index in [0.29, 0.717) is 6.04 Å². The number of hydrogen-bond acceptors (Lipinski definition) is 4. The highest BCUT2D eigenvalue weighted by Crippen LogP contribution is 2.35. The second-order valence-electron chi connectivity index (χ2n) is 7.33. The average Bonchev–Trinajstić information content (AvgIpc) is 3.32. The van der Waals surface area contributed by atoms with Gasteiger partial charge < -0.3 is 8.98 Å². The third-order valence-corrected chi connectivity index (χ3v) is 5.75. The number of likely N-dealkylation sites (tertiary alicyclic amines) is 1. The lowest BCUT2D eigenvalue weighted by Gasteiger charge is -2.23. The maximum atomic E-state index is 5.95. The number of oxazole rings is 1. The minimum Gasteiger partial charge on any atom is -0.439 e. The first kappa shape index (κ1) is 15.1. The number of para-hydroxylation sites is 2. The van der Waals surface area contributed by atoms with Gasteiger partial charge in [-0.3, -0.25) is 4.90 Å². The van der Waals surface area contributed by atoms with Gasteiger partial charge in [-0.2, -0.15) is 0 Å². The van der Waals surface area contributed by atoms with Crippen molar-refractivity contribution >= 4 is 11.1 Å². The molecule has 0 spiro atoms. The van der Waals surface area contributed by atoms with E-state index in [1.807, 2.05) is 24.3 Å². The van der Waals surface area contributed by atoms with E-state index in [1.54, 1.807) is 0 Å². The van der Waals surface area contributed by atoms with Crippen molar-refractivity contribution in [2.24, 2.45) is 7.05 Å². The minimum absolute atomic E-state index is 0.380. The quantitative estimate of drug-likeness (QED) is 0.730. The number of imidazole rings is 1. The van der Waals surface area contributed by atoms with Crippen molar-refractivity contribution in [2.45, 2.75) is 51.1 Å². The van der Waals surface area contributed by atoms with Crippen LogP contribution in [0.1, 0.15) is 54.8 Å². The van der Waals surface area contributed by atoms with Crippen LogP contribution in [-0.4, -0.2) is 26.0 Å². The lowest BCUT2D eigenvalue weighted by Crippen LogP contribution is -2.25. The highest BCUT2D eigenvalue weighted by molar-refractivity contribution is 5.72. The smallest absolute Gasteiger partial charge is 0.209 e. The SMILES string of the molecule is Cn1c(C2CCCN2Cc2nc3ccccc3o2)nc2c1CCCC2. The van der Waals surface area contributed by atoms with Crippen molar-refractivity contribution in [2.75, 3.05) is 6.54 Å². The van der Waals surface area contributed by atoms with Gasteiger partial charge in [0.2, 0.25) is 5.89 Å². The molecule has 1 unspecified atom stereocenters. The largest absolute Gasteiger partial charge is 0.439 e. The fourth-order valence-corrected chi connectivity index (χ4v) is 4.47. The van der Waals surface area contributed by atoms with Gasteiger partial charge in [0.25, 0.3) is 0 Å². The second kappa shape index (κ2) is 5.99. The van der Waals surface area contributed by atoms with E-state index < -0.39 is 0 Å². The zero-order valence-electron chi connectivity index (χ0n) is 14.7. The van der Waals surface area contributed by atoms with Gasteiger partial charge in [0, 0.05) is 12.7 Å². The van der Waals surface area contributed by atoms with Crippen LogP contribution in [0, 0.1) is 0 Å². The standard InChI is InChI=1S/C20H24N4O/c1-23-16-9-4-2-7-14(16)22-20(23)17-10-6-12-24(17)13-19-21-15-8-3-5-11-18(15)25-19/h3,5,8,11,17H,2,4,6-7,9-10,12-13H2,1H3. The summed E-state index contributed by atoms with van der Waals surface area (Å²) in [6, 6.07) is 8.38. The molecule has 1 saturated heterocycles. The molecule has 1 aliphatic carbocycles. The Kier molecular flexibility index (Phi) is 3.63. The first-order chi connectivity index (χ1) is 12.3. The number of rotatable bonds is 3. The molecule has 1 atom stereocenters. The normalized spacial score (nSPS) is 21.1. The molecule has 130 valence electrons. The molecular weight excluding hydrogens is 312 g/mol. The Hall–Kier alpha value is -2.14. The fraction of sp³-hybridized carbons (Fsp3) is 0.500. The van der Waals surface area contributed by atoms with Crippen LogP contribution >= 0.6 is 0 Å². The Balaban J connectivity index is 1.43. The van der Waals surface area contributed by atoms with Gasteiger partial charge in [-0.15, -0.1) is 0 Å². The molecule has 1 aromatic carbocycles. The number of hydrogen-bond donors (Lipinski definition) is 0. The Morgan fingerprint density at radius 1 is 1.12 bits per heavy atom. The molecule has 3 heterocycles. The molecule has 3 aromatic rings. The van der Waals surface area contributed by atoms with Gasteiger partial charge in [-0.1, -0.05) is 12.1 Å². The lowest BCUT2D eigenvalue weighted by molar-refractivity contribution is 0.215. The van der Waals surface area contributed by atoms with Gasteiger partial charge in [0.15, 0.2) is 5.58 Å². The highest BCUT2D eigenvalue weighted by atomic mass is 16.3. The molecule has 25 heavy (non-hydrogen) atoms. The molecule has 5 nitrogen and oxygen atoms in total. The predicted molar refractivity (Wildman–Crippen MR) is 96.2 cm³/mol. The molecular formula is C20H24N4O. The third-order valence-electron chi connectivity index (χ3n) is 5.75. The molecule has 0 N–H and O–H groups in total. The van der Waals surface area contributed by atoms with E-state index in [9.17, 15) is 0 Å². The van der Waals surface area contributed by atoms with Crippen LogP contribution < -0.4 is 0 Å². The summed E-state index contributed by atoms with van der Waals surface area (Å²) in [4.78, 5) is 12.2. The molecule has 0 saturated carbocycles. The van der Waals surface area contributed by atoms with E-state index in [1.165, 1.54) is 49.3 Å². The van der Waals surface area contributed by atoms with Crippen molar-refractivity contribution in [3.63, 3.8) is 0 Å². The molecule has 0 radical (unpaired) electrons. The topological polar surface area (TPSA) is 47.1 Å². The summed E-state index contributed by atoms with van der Waals surface area (Å²) in [5.41, 5.74) is 4.61. The second-order valence-corrected chi connectivity index (χ2v) is 7.33. The molecule has 5 heteroatoms. The summed E-state index contributed by atoms with van der Waals surface area (Å²) in [5.74, 6) is 2.05. The molecule has 1 fully saturated rings. The van der Waals surface area contributed by atoms with Crippen molar-refractivity contribution in [1.82, 2.24) is 19.4 Å².